The number of hydrogen-bond donors (Lipinski definition) is 0. The van der Waals surface area contributed by atoms with Crippen LogP contribution in [0.25, 0.3) is 0 Å². The molecule has 0 atom stereocenters. The lowest BCUT2D eigenvalue weighted by Gasteiger charge is -2.06. The van der Waals surface area contributed by atoms with Crippen LogP contribution in [-0.2, 0) is 4.74 Å². The number of halogens is 4. The van der Waals surface area contributed by atoms with Gasteiger partial charge in [-0.2, -0.15) is 0 Å². The fourth-order valence-electron chi connectivity index (χ4n) is 0.886. The van der Waals surface area contributed by atoms with Crippen molar-refractivity contribution in [3.63, 3.8) is 0 Å². The van der Waals surface area contributed by atoms with Gasteiger partial charge in [0.15, 0.2) is 0 Å². The number of esters is 1. The molecule has 0 aromatic carbocycles. The highest BCUT2D eigenvalue weighted by Crippen LogP contribution is 2.29. The maximum absolute atomic E-state index is 12.4. The minimum atomic E-state index is -2.76. The van der Waals surface area contributed by atoms with Crippen molar-refractivity contribution in [1.82, 2.24) is 4.98 Å². The Morgan fingerprint density at radius 1 is 1.67 bits per heavy atom. The molecule has 1 aromatic heterocycles. The quantitative estimate of drug-likeness (QED) is 0.622. The zero-order valence-electron chi connectivity index (χ0n) is 7.43. The van der Waals surface area contributed by atoms with Crippen molar-refractivity contribution in [2.75, 3.05) is 7.11 Å². The van der Waals surface area contributed by atoms with E-state index in [9.17, 15) is 13.6 Å². The predicted octanol–water partition coefficient (Wildman–Crippen LogP) is 3.22. The summed E-state index contributed by atoms with van der Waals surface area (Å²) in [4.78, 5) is 14.5. The number of aromatic nitrogens is 1. The monoisotopic (exact) mass is 299 g/mol. The predicted molar refractivity (Wildman–Crippen MR) is 53.2 cm³/mol. The normalized spacial score (nSPS) is 10.5. The van der Waals surface area contributed by atoms with Crippen LogP contribution < -0.4 is 0 Å². The molecule has 1 heterocycles. The zero-order valence-corrected chi connectivity index (χ0v) is 9.77. The largest absolute Gasteiger partial charge is 0.465 e. The molecule has 0 saturated carbocycles. The van der Waals surface area contributed by atoms with Crippen molar-refractivity contribution in [2.45, 2.75) is 6.43 Å². The number of hydrogen-bond acceptors (Lipinski definition) is 3. The van der Waals surface area contributed by atoms with E-state index in [4.69, 9.17) is 11.6 Å². The number of methoxy groups -OCH3 is 1. The molecule has 0 saturated heterocycles. The molecule has 0 bridgehead atoms. The summed E-state index contributed by atoms with van der Waals surface area (Å²) >= 11 is 8.42. The van der Waals surface area contributed by atoms with Gasteiger partial charge in [0.2, 0.25) is 0 Å². The molecule has 1 aromatic rings. The summed E-state index contributed by atoms with van der Waals surface area (Å²) in [5.41, 5.74) is -0.567. The smallest absolute Gasteiger partial charge is 0.341 e. The Morgan fingerprint density at radius 2 is 2.27 bits per heavy atom. The third-order valence-corrected chi connectivity index (χ3v) is 2.49. The van der Waals surface area contributed by atoms with Crippen LogP contribution in [0, 0.1) is 0 Å². The van der Waals surface area contributed by atoms with E-state index in [2.05, 4.69) is 25.7 Å². The van der Waals surface area contributed by atoms with Crippen LogP contribution in [0.5, 0.6) is 0 Å². The second-order valence-electron chi connectivity index (χ2n) is 2.49. The number of pyridine rings is 1. The number of carbonyl (C=O) groups is 1. The molecule has 7 heteroatoms. The summed E-state index contributed by atoms with van der Waals surface area (Å²) in [6.07, 6.45) is -2.76. The second-order valence-corrected chi connectivity index (χ2v) is 3.70. The molecule has 0 aliphatic rings. The van der Waals surface area contributed by atoms with Crippen molar-refractivity contribution in [2.24, 2.45) is 0 Å². The standard InChI is InChI=1S/C8H5BrClF2NO2/c1-15-8(14)3-2-4(9)5(7(11)12)13-6(3)10/h2,7H,1H3. The topological polar surface area (TPSA) is 39.2 Å². The van der Waals surface area contributed by atoms with E-state index in [1.807, 2.05) is 0 Å². The Balaban J connectivity index is 3.25. The van der Waals surface area contributed by atoms with Gasteiger partial charge < -0.3 is 4.74 Å². The first-order chi connectivity index (χ1) is 6.97. The third kappa shape index (κ3) is 2.63. The highest BCUT2D eigenvalue weighted by molar-refractivity contribution is 9.10. The molecule has 0 N–H and O–H groups in total. The number of alkyl halides is 2. The van der Waals surface area contributed by atoms with Crippen LogP contribution in [-0.4, -0.2) is 18.1 Å². The van der Waals surface area contributed by atoms with Crippen molar-refractivity contribution in [3.05, 3.63) is 26.9 Å². The number of nitrogens with zero attached hydrogens (tertiary/aromatic N) is 1. The average Bonchev–Trinajstić information content (AvgIpc) is 2.19. The minimum absolute atomic E-state index is 0.0160. The molecular weight excluding hydrogens is 295 g/mol. The molecule has 0 aliphatic carbocycles. The Morgan fingerprint density at radius 3 is 2.73 bits per heavy atom. The van der Waals surface area contributed by atoms with Crippen molar-refractivity contribution >= 4 is 33.5 Å². The van der Waals surface area contributed by atoms with Crippen LogP contribution in [0.15, 0.2) is 10.5 Å². The minimum Gasteiger partial charge on any atom is -0.465 e. The van der Waals surface area contributed by atoms with E-state index in [1.165, 1.54) is 0 Å². The molecule has 0 fully saturated rings. The lowest BCUT2D eigenvalue weighted by Crippen LogP contribution is -2.05. The molecule has 15 heavy (non-hydrogen) atoms. The molecular formula is C8H5BrClF2NO2. The number of carbonyl (C=O) groups excluding carboxylic acids is 1. The van der Waals surface area contributed by atoms with E-state index in [0.29, 0.717) is 0 Å². The van der Waals surface area contributed by atoms with Crippen LogP contribution >= 0.6 is 27.5 Å². The van der Waals surface area contributed by atoms with E-state index < -0.39 is 18.1 Å². The van der Waals surface area contributed by atoms with E-state index in [0.717, 1.165) is 13.2 Å². The van der Waals surface area contributed by atoms with Crippen molar-refractivity contribution in [3.8, 4) is 0 Å². The van der Waals surface area contributed by atoms with Crippen LogP contribution in [0.3, 0.4) is 0 Å². The summed E-state index contributed by atoms with van der Waals surface area (Å²) in [6.45, 7) is 0. The van der Waals surface area contributed by atoms with Gasteiger partial charge in [0, 0.05) is 4.47 Å². The van der Waals surface area contributed by atoms with Gasteiger partial charge in [-0.25, -0.2) is 18.6 Å². The lowest BCUT2D eigenvalue weighted by atomic mass is 10.2. The fourth-order valence-corrected chi connectivity index (χ4v) is 1.60. The average molecular weight is 300 g/mol. The van der Waals surface area contributed by atoms with E-state index in [1.54, 1.807) is 0 Å². The van der Waals surface area contributed by atoms with Gasteiger partial charge in [-0.1, -0.05) is 11.6 Å². The molecule has 0 radical (unpaired) electrons. The molecule has 0 unspecified atom stereocenters. The second kappa shape index (κ2) is 4.85. The van der Waals surface area contributed by atoms with Gasteiger partial charge in [0.25, 0.3) is 6.43 Å². The van der Waals surface area contributed by atoms with Gasteiger partial charge in [0.05, 0.1) is 12.7 Å². The molecule has 82 valence electrons. The van der Waals surface area contributed by atoms with Crippen molar-refractivity contribution in [1.29, 1.82) is 0 Å². The lowest BCUT2D eigenvalue weighted by molar-refractivity contribution is 0.0599. The molecule has 1 rings (SSSR count). The molecule has 3 nitrogen and oxygen atoms in total. The Bertz CT molecular complexity index is 400. The first-order valence-corrected chi connectivity index (χ1v) is 4.87. The summed E-state index contributed by atoms with van der Waals surface area (Å²) < 4.78 is 29.1. The Kier molecular flexibility index (Phi) is 3.98. The van der Waals surface area contributed by atoms with Gasteiger partial charge >= 0.3 is 5.97 Å². The maximum atomic E-state index is 12.4. The summed E-state index contributed by atoms with van der Waals surface area (Å²) in [6, 6.07) is 1.16. The highest BCUT2D eigenvalue weighted by atomic mass is 79.9. The SMILES string of the molecule is COC(=O)c1cc(Br)c(C(F)F)nc1Cl. The van der Waals surface area contributed by atoms with E-state index >= 15 is 0 Å². The number of rotatable bonds is 2. The van der Waals surface area contributed by atoms with Gasteiger partial charge in [-0.3, -0.25) is 0 Å². The van der Waals surface area contributed by atoms with E-state index in [-0.39, 0.29) is 15.2 Å². The van der Waals surface area contributed by atoms with Gasteiger partial charge in [0.1, 0.15) is 10.8 Å². The van der Waals surface area contributed by atoms with Gasteiger partial charge in [-0.15, -0.1) is 0 Å². The maximum Gasteiger partial charge on any atom is 0.341 e. The Hall–Kier alpha value is -0.750. The summed E-state index contributed by atoms with van der Waals surface area (Å²) in [5, 5.41) is -0.305. The zero-order chi connectivity index (χ0) is 11.6. The van der Waals surface area contributed by atoms with Crippen LogP contribution in [0.2, 0.25) is 5.15 Å². The number of ether oxygens (including phenoxy) is 1. The first kappa shape index (κ1) is 12.3. The molecule has 0 aliphatic heterocycles. The summed E-state index contributed by atoms with van der Waals surface area (Å²) in [5.74, 6) is -0.728. The third-order valence-electron chi connectivity index (χ3n) is 1.57. The van der Waals surface area contributed by atoms with Crippen molar-refractivity contribution < 1.29 is 18.3 Å². The molecule has 0 amide bonds. The van der Waals surface area contributed by atoms with Crippen LogP contribution in [0.4, 0.5) is 8.78 Å². The van der Waals surface area contributed by atoms with Gasteiger partial charge in [-0.05, 0) is 22.0 Å². The molecule has 0 spiro atoms. The van der Waals surface area contributed by atoms with Crippen LogP contribution in [0.1, 0.15) is 22.5 Å². The summed E-state index contributed by atoms with van der Waals surface area (Å²) in [7, 11) is 1.16. The first-order valence-electron chi connectivity index (χ1n) is 3.69. The fraction of sp³-hybridized carbons (Fsp3) is 0.250. The highest BCUT2D eigenvalue weighted by Gasteiger charge is 2.20. The Labute approximate surface area is 97.5 Å².